The van der Waals surface area contributed by atoms with Crippen LogP contribution in [-0.4, -0.2) is 35.9 Å². The number of aliphatic hydroxyl groups is 1. The molecule has 0 unspecified atom stereocenters. The van der Waals surface area contributed by atoms with Crippen molar-refractivity contribution in [3.05, 3.63) is 0 Å². The van der Waals surface area contributed by atoms with Crippen LogP contribution in [0.4, 0.5) is 0 Å². The van der Waals surface area contributed by atoms with Crippen molar-refractivity contribution in [3.63, 3.8) is 0 Å². The van der Waals surface area contributed by atoms with Gasteiger partial charge in [0.1, 0.15) is 0 Å². The molecule has 3 N–H and O–H groups in total. The largest absolute Gasteiger partial charge is 0.389 e. The van der Waals surface area contributed by atoms with Crippen molar-refractivity contribution < 1.29 is 5.11 Å². The zero-order valence-corrected chi connectivity index (χ0v) is 11.8. The van der Waals surface area contributed by atoms with Gasteiger partial charge in [0.25, 0.3) is 0 Å². The summed E-state index contributed by atoms with van der Waals surface area (Å²) in [5.74, 6) is 0. The number of rotatable bonds is 5. The van der Waals surface area contributed by atoms with Crippen LogP contribution in [0.5, 0.6) is 0 Å². The minimum Gasteiger partial charge on any atom is -0.389 e. The van der Waals surface area contributed by atoms with Crippen molar-refractivity contribution in [2.24, 2.45) is 0 Å². The molecule has 0 aliphatic heterocycles. The lowest BCUT2D eigenvalue weighted by atomic mass is 9.94. The average Bonchev–Trinajstić information content (AvgIpc) is 2.41. The van der Waals surface area contributed by atoms with E-state index >= 15 is 0 Å². The van der Waals surface area contributed by atoms with Gasteiger partial charge in [-0.05, 0) is 33.6 Å². The Morgan fingerprint density at radius 1 is 1.00 bits per heavy atom. The minimum atomic E-state index is -0.446. The molecule has 0 aromatic carbocycles. The summed E-state index contributed by atoms with van der Waals surface area (Å²) in [5.41, 5.74) is -0.265. The van der Waals surface area contributed by atoms with Crippen LogP contribution in [0.15, 0.2) is 0 Å². The van der Waals surface area contributed by atoms with Gasteiger partial charge in [-0.2, -0.15) is 0 Å². The molecular weight excluding hydrogens is 212 g/mol. The summed E-state index contributed by atoms with van der Waals surface area (Å²) in [4.78, 5) is 0. The van der Waals surface area contributed by atoms with E-state index in [0.717, 1.165) is 32.5 Å². The van der Waals surface area contributed by atoms with Gasteiger partial charge in [0.05, 0.1) is 5.60 Å². The molecule has 1 saturated carbocycles. The van der Waals surface area contributed by atoms with Crippen LogP contribution in [0, 0.1) is 0 Å². The third-order valence-corrected chi connectivity index (χ3v) is 3.45. The quantitative estimate of drug-likeness (QED) is 0.511. The second-order valence-electron chi connectivity index (χ2n) is 6.49. The Labute approximate surface area is 106 Å². The molecule has 0 heterocycles. The summed E-state index contributed by atoms with van der Waals surface area (Å²) in [5, 5.41) is 17.3. The van der Waals surface area contributed by atoms with Gasteiger partial charge in [0, 0.05) is 25.2 Å². The van der Waals surface area contributed by atoms with Crippen LogP contribution in [0.1, 0.15) is 59.3 Å². The molecule has 0 aromatic rings. The molecule has 1 aliphatic rings. The molecule has 0 radical (unpaired) electrons. The van der Waals surface area contributed by atoms with Gasteiger partial charge in [-0.25, -0.2) is 0 Å². The molecule has 0 bridgehead atoms. The lowest BCUT2D eigenvalue weighted by Crippen LogP contribution is -2.44. The topological polar surface area (TPSA) is 44.3 Å². The van der Waals surface area contributed by atoms with Gasteiger partial charge in [-0.1, -0.05) is 25.7 Å². The average molecular weight is 242 g/mol. The van der Waals surface area contributed by atoms with E-state index < -0.39 is 5.60 Å². The minimum absolute atomic E-state index is 0.181. The fourth-order valence-corrected chi connectivity index (χ4v) is 2.41. The summed E-state index contributed by atoms with van der Waals surface area (Å²) in [6, 6.07) is 0. The lowest BCUT2D eigenvalue weighted by Gasteiger charge is -2.27. The van der Waals surface area contributed by atoms with Crippen LogP contribution < -0.4 is 10.6 Å². The molecule has 1 aliphatic carbocycles. The summed E-state index contributed by atoms with van der Waals surface area (Å²) in [6.45, 7) is 9.15. The molecule has 0 aromatic heterocycles. The summed E-state index contributed by atoms with van der Waals surface area (Å²) < 4.78 is 0. The van der Waals surface area contributed by atoms with Gasteiger partial charge in [-0.3, -0.25) is 0 Å². The molecule has 3 heteroatoms. The molecule has 1 fully saturated rings. The molecule has 17 heavy (non-hydrogen) atoms. The van der Waals surface area contributed by atoms with Gasteiger partial charge in [0.2, 0.25) is 0 Å². The van der Waals surface area contributed by atoms with Gasteiger partial charge < -0.3 is 15.7 Å². The first-order chi connectivity index (χ1) is 7.91. The Morgan fingerprint density at radius 3 is 2.12 bits per heavy atom. The normalized spacial score (nSPS) is 21.2. The zero-order chi connectivity index (χ0) is 12.8. The van der Waals surface area contributed by atoms with E-state index in [0.29, 0.717) is 0 Å². The van der Waals surface area contributed by atoms with E-state index in [9.17, 15) is 5.11 Å². The molecule has 0 amide bonds. The second kappa shape index (κ2) is 6.72. The first-order valence-corrected chi connectivity index (χ1v) is 7.09. The highest BCUT2D eigenvalue weighted by Gasteiger charge is 2.27. The number of hydrogen-bond donors (Lipinski definition) is 3. The third kappa shape index (κ3) is 7.02. The summed E-state index contributed by atoms with van der Waals surface area (Å²) in [6.07, 6.45) is 6.86. The first-order valence-electron chi connectivity index (χ1n) is 7.09. The SMILES string of the molecule is CC(C)(C)NCCNCC1(O)CCCCCC1. The highest BCUT2D eigenvalue weighted by molar-refractivity contribution is 4.83. The van der Waals surface area contributed by atoms with Crippen LogP contribution in [0.3, 0.4) is 0 Å². The summed E-state index contributed by atoms with van der Waals surface area (Å²) >= 11 is 0. The molecule has 1 rings (SSSR count). The smallest absolute Gasteiger partial charge is 0.0771 e. The maximum absolute atomic E-state index is 10.4. The predicted molar refractivity (Wildman–Crippen MR) is 73.3 cm³/mol. The van der Waals surface area contributed by atoms with E-state index in [1.165, 1.54) is 25.7 Å². The van der Waals surface area contributed by atoms with Gasteiger partial charge in [0.15, 0.2) is 0 Å². The van der Waals surface area contributed by atoms with E-state index in [1.807, 2.05) is 0 Å². The maximum Gasteiger partial charge on any atom is 0.0771 e. The molecular formula is C14H30N2O. The van der Waals surface area contributed by atoms with Crippen molar-refractivity contribution in [2.45, 2.75) is 70.4 Å². The number of nitrogens with one attached hydrogen (secondary N) is 2. The maximum atomic E-state index is 10.4. The molecule has 0 saturated heterocycles. The van der Waals surface area contributed by atoms with Crippen LogP contribution in [0.2, 0.25) is 0 Å². The Bertz CT molecular complexity index is 203. The van der Waals surface area contributed by atoms with E-state index in [-0.39, 0.29) is 5.54 Å². The van der Waals surface area contributed by atoms with E-state index in [4.69, 9.17) is 0 Å². The van der Waals surface area contributed by atoms with Crippen LogP contribution >= 0.6 is 0 Å². The molecule has 0 atom stereocenters. The Hall–Kier alpha value is -0.120. The zero-order valence-electron chi connectivity index (χ0n) is 11.8. The van der Waals surface area contributed by atoms with Crippen molar-refractivity contribution in [1.82, 2.24) is 10.6 Å². The third-order valence-electron chi connectivity index (χ3n) is 3.45. The Kier molecular flexibility index (Phi) is 5.90. The Balaban J connectivity index is 2.12. The fraction of sp³-hybridized carbons (Fsp3) is 1.00. The van der Waals surface area contributed by atoms with E-state index in [1.54, 1.807) is 0 Å². The van der Waals surface area contributed by atoms with Crippen molar-refractivity contribution >= 4 is 0 Å². The van der Waals surface area contributed by atoms with Crippen LogP contribution in [-0.2, 0) is 0 Å². The monoisotopic (exact) mass is 242 g/mol. The highest BCUT2D eigenvalue weighted by atomic mass is 16.3. The molecule has 102 valence electrons. The second-order valence-corrected chi connectivity index (χ2v) is 6.49. The molecule has 0 spiro atoms. The van der Waals surface area contributed by atoms with Crippen molar-refractivity contribution in [3.8, 4) is 0 Å². The number of hydrogen-bond acceptors (Lipinski definition) is 3. The van der Waals surface area contributed by atoms with Crippen molar-refractivity contribution in [1.29, 1.82) is 0 Å². The summed E-state index contributed by atoms with van der Waals surface area (Å²) in [7, 11) is 0. The van der Waals surface area contributed by atoms with Crippen molar-refractivity contribution in [2.75, 3.05) is 19.6 Å². The van der Waals surface area contributed by atoms with Crippen LogP contribution in [0.25, 0.3) is 0 Å². The van der Waals surface area contributed by atoms with Gasteiger partial charge >= 0.3 is 0 Å². The lowest BCUT2D eigenvalue weighted by molar-refractivity contribution is 0.0255. The highest BCUT2D eigenvalue weighted by Crippen LogP contribution is 2.26. The van der Waals surface area contributed by atoms with Gasteiger partial charge in [-0.15, -0.1) is 0 Å². The van der Waals surface area contributed by atoms with E-state index in [2.05, 4.69) is 31.4 Å². The fourth-order valence-electron chi connectivity index (χ4n) is 2.41. The molecule has 3 nitrogen and oxygen atoms in total. The first kappa shape index (κ1) is 14.9. The predicted octanol–water partition coefficient (Wildman–Crippen LogP) is 2.05. The Morgan fingerprint density at radius 2 is 1.59 bits per heavy atom. The standard InChI is InChI=1S/C14H30N2O/c1-13(2,3)16-11-10-15-12-14(17)8-6-4-5-7-9-14/h15-17H,4-12H2,1-3H3.